The van der Waals surface area contributed by atoms with Gasteiger partial charge in [0, 0.05) is 19.4 Å². The highest BCUT2D eigenvalue weighted by molar-refractivity contribution is 5.80. The van der Waals surface area contributed by atoms with E-state index in [4.69, 9.17) is 9.47 Å². The highest BCUT2D eigenvalue weighted by Crippen LogP contribution is 2.16. The van der Waals surface area contributed by atoms with Crippen LogP contribution >= 0.6 is 0 Å². The molecule has 0 aromatic rings. The maximum absolute atomic E-state index is 12.1. The standard InChI is InChI=1S/C20H34O3/c1-16(2)8-7-9-17(3)14-19(21)15-18(4)11-13-23-20-10-5-6-12-22-20/h8,11,17,20H,5-7,9-10,12-15H2,1-4H3/b18-11+. The Bertz CT molecular complexity index is 399. The van der Waals surface area contributed by atoms with E-state index in [9.17, 15) is 4.79 Å². The molecule has 1 rings (SSSR count). The third kappa shape index (κ3) is 10.5. The minimum atomic E-state index is -0.0569. The van der Waals surface area contributed by atoms with Crippen molar-refractivity contribution in [2.24, 2.45) is 5.92 Å². The van der Waals surface area contributed by atoms with Crippen LogP contribution in [0.2, 0.25) is 0 Å². The summed E-state index contributed by atoms with van der Waals surface area (Å²) in [6.45, 7) is 9.75. The van der Waals surface area contributed by atoms with E-state index in [0.29, 0.717) is 31.1 Å². The fraction of sp³-hybridized carbons (Fsp3) is 0.750. The third-order valence-electron chi connectivity index (χ3n) is 4.12. The number of carbonyl (C=O) groups excluding carboxylic acids is 1. The van der Waals surface area contributed by atoms with Gasteiger partial charge in [-0.3, -0.25) is 4.79 Å². The van der Waals surface area contributed by atoms with Gasteiger partial charge >= 0.3 is 0 Å². The van der Waals surface area contributed by atoms with E-state index in [1.165, 1.54) is 12.0 Å². The van der Waals surface area contributed by atoms with E-state index >= 15 is 0 Å². The Morgan fingerprint density at radius 1 is 1.26 bits per heavy atom. The molecule has 1 aliphatic rings. The second-order valence-corrected chi connectivity index (χ2v) is 7.06. The average molecular weight is 322 g/mol. The first-order valence-corrected chi connectivity index (χ1v) is 9.01. The molecule has 0 aliphatic carbocycles. The molecule has 0 aromatic carbocycles. The fourth-order valence-corrected chi connectivity index (χ4v) is 2.74. The van der Waals surface area contributed by atoms with Gasteiger partial charge in [-0.25, -0.2) is 0 Å². The number of hydrogen-bond acceptors (Lipinski definition) is 3. The predicted molar refractivity (Wildman–Crippen MR) is 95.4 cm³/mol. The number of ketones is 1. The lowest BCUT2D eigenvalue weighted by molar-refractivity contribution is -0.155. The fourth-order valence-electron chi connectivity index (χ4n) is 2.74. The molecule has 2 atom stereocenters. The van der Waals surface area contributed by atoms with Gasteiger partial charge in [0.2, 0.25) is 0 Å². The first-order chi connectivity index (χ1) is 11.0. The van der Waals surface area contributed by atoms with Crippen molar-refractivity contribution in [3.05, 3.63) is 23.3 Å². The lowest BCUT2D eigenvalue weighted by Crippen LogP contribution is -2.22. The summed E-state index contributed by atoms with van der Waals surface area (Å²) in [4.78, 5) is 12.1. The molecule has 3 heteroatoms. The van der Waals surface area contributed by atoms with Crippen LogP contribution in [0, 0.1) is 5.92 Å². The molecule has 1 heterocycles. The lowest BCUT2D eigenvalue weighted by Gasteiger charge is -2.22. The SMILES string of the molecule is CC(C)=CCCC(C)CC(=O)C/C(C)=C/COC1CCCCO1. The van der Waals surface area contributed by atoms with Crippen molar-refractivity contribution in [2.75, 3.05) is 13.2 Å². The highest BCUT2D eigenvalue weighted by atomic mass is 16.7. The first kappa shape index (κ1) is 20.1. The van der Waals surface area contributed by atoms with Gasteiger partial charge in [-0.15, -0.1) is 0 Å². The normalized spacial score (nSPS) is 20.2. The number of carbonyl (C=O) groups is 1. The van der Waals surface area contributed by atoms with Crippen molar-refractivity contribution >= 4 is 5.78 Å². The number of hydrogen-bond donors (Lipinski definition) is 0. The molecule has 1 fully saturated rings. The van der Waals surface area contributed by atoms with Crippen LogP contribution in [0.4, 0.5) is 0 Å². The molecule has 0 spiro atoms. The summed E-state index contributed by atoms with van der Waals surface area (Å²) in [5.74, 6) is 0.787. The summed E-state index contributed by atoms with van der Waals surface area (Å²) < 4.78 is 11.2. The van der Waals surface area contributed by atoms with Gasteiger partial charge in [0.1, 0.15) is 5.78 Å². The molecule has 1 aliphatic heterocycles. The van der Waals surface area contributed by atoms with Gasteiger partial charge in [-0.05, 0) is 58.8 Å². The first-order valence-electron chi connectivity index (χ1n) is 9.01. The van der Waals surface area contributed by atoms with Gasteiger partial charge in [0.15, 0.2) is 6.29 Å². The van der Waals surface area contributed by atoms with Crippen molar-refractivity contribution in [3.8, 4) is 0 Å². The molecule has 0 saturated carbocycles. The van der Waals surface area contributed by atoms with E-state index in [2.05, 4.69) is 26.8 Å². The Labute approximate surface area is 142 Å². The van der Waals surface area contributed by atoms with Crippen molar-refractivity contribution in [2.45, 2.75) is 78.9 Å². The molecule has 0 radical (unpaired) electrons. The maximum Gasteiger partial charge on any atom is 0.157 e. The Hall–Kier alpha value is -0.930. The molecule has 0 aromatic heterocycles. The lowest BCUT2D eigenvalue weighted by atomic mass is 9.96. The molecule has 3 nitrogen and oxygen atoms in total. The van der Waals surface area contributed by atoms with Crippen molar-refractivity contribution < 1.29 is 14.3 Å². The third-order valence-corrected chi connectivity index (χ3v) is 4.12. The van der Waals surface area contributed by atoms with Crippen LogP contribution in [0.5, 0.6) is 0 Å². The number of allylic oxidation sites excluding steroid dienone is 3. The van der Waals surface area contributed by atoms with E-state index in [0.717, 1.165) is 37.9 Å². The molecular formula is C20H34O3. The maximum atomic E-state index is 12.1. The Morgan fingerprint density at radius 3 is 2.70 bits per heavy atom. The second kappa shape index (κ2) is 11.6. The molecular weight excluding hydrogens is 288 g/mol. The van der Waals surface area contributed by atoms with Crippen LogP contribution in [0.15, 0.2) is 23.3 Å². The zero-order chi connectivity index (χ0) is 17.1. The zero-order valence-corrected chi connectivity index (χ0v) is 15.4. The monoisotopic (exact) mass is 322 g/mol. The minimum absolute atomic E-state index is 0.0569. The van der Waals surface area contributed by atoms with Crippen LogP contribution in [0.3, 0.4) is 0 Å². The van der Waals surface area contributed by atoms with E-state index in [1.807, 2.05) is 13.0 Å². The molecule has 23 heavy (non-hydrogen) atoms. The van der Waals surface area contributed by atoms with Crippen molar-refractivity contribution in [3.63, 3.8) is 0 Å². The summed E-state index contributed by atoms with van der Waals surface area (Å²) in [6, 6.07) is 0. The number of rotatable bonds is 10. The topological polar surface area (TPSA) is 35.5 Å². The van der Waals surface area contributed by atoms with Crippen molar-refractivity contribution in [1.82, 2.24) is 0 Å². The van der Waals surface area contributed by atoms with Crippen LogP contribution in [0.25, 0.3) is 0 Å². The number of Topliss-reactive ketones (excluding diaryl/α,β-unsaturated/α-hetero) is 1. The average Bonchev–Trinajstić information content (AvgIpc) is 2.47. The summed E-state index contributed by atoms with van der Waals surface area (Å²) in [7, 11) is 0. The molecule has 1 saturated heterocycles. The summed E-state index contributed by atoms with van der Waals surface area (Å²) in [5, 5.41) is 0. The van der Waals surface area contributed by atoms with Crippen LogP contribution in [-0.4, -0.2) is 25.3 Å². The van der Waals surface area contributed by atoms with Crippen LogP contribution in [0.1, 0.15) is 72.6 Å². The molecule has 2 unspecified atom stereocenters. The molecule has 132 valence electrons. The van der Waals surface area contributed by atoms with E-state index in [-0.39, 0.29) is 6.29 Å². The summed E-state index contributed by atoms with van der Waals surface area (Å²) >= 11 is 0. The molecule has 0 bridgehead atoms. The second-order valence-electron chi connectivity index (χ2n) is 7.06. The van der Waals surface area contributed by atoms with E-state index < -0.39 is 0 Å². The van der Waals surface area contributed by atoms with Gasteiger partial charge in [0.05, 0.1) is 6.61 Å². The van der Waals surface area contributed by atoms with Gasteiger partial charge in [-0.1, -0.05) is 30.2 Å². The highest BCUT2D eigenvalue weighted by Gasteiger charge is 2.13. The molecule has 0 N–H and O–H groups in total. The summed E-state index contributed by atoms with van der Waals surface area (Å²) in [5.41, 5.74) is 2.45. The van der Waals surface area contributed by atoms with Crippen LogP contribution < -0.4 is 0 Å². The smallest absolute Gasteiger partial charge is 0.157 e. The van der Waals surface area contributed by atoms with E-state index in [1.54, 1.807) is 0 Å². The minimum Gasteiger partial charge on any atom is -0.353 e. The Balaban J connectivity index is 2.18. The summed E-state index contributed by atoms with van der Waals surface area (Å²) in [6.07, 6.45) is 10.9. The van der Waals surface area contributed by atoms with Gasteiger partial charge in [-0.2, -0.15) is 0 Å². The van der Waals surface area contributed by atoms with Gasteiger partial charge in [0.25, 0.3) is 0 Å². The zero-order valence-electron chi connectivity index (χ0n) is 15.4. The van der Waals surface area contributed by atoms with Crippen LogP contribution in [-0.2, 0) is 14.3 Å². The Kier molecular flexibility index (Phi) is 10.1. The van der Waals surface area contributed by atoms with Crippen molar-refractivity contribution in [1.29, 1.82) is 0 Å². The van der Waals surface area contributed by atoms with Gasteiger partial charge < -0.3 is 9.47 Å². The molecule has 0 amide bonds. The Morgan fingerprint density at radius 2 is 2.04 bits per heavy atom. The largest absolute Gasteiger partial charge is 0.353 e. The quantitative estimate of drug-likeness (QED) is 0.518. The number of ether oxygens (including phenoxy) is 2. The predicted octanol–water partition coefficient (Wildman–Crippen LogP) is 5.21.